The van der Waals surface area contributed by atoms with Gasteiger partial charge in [-0.05, 0) is 53.6 Å². The normalized spacial score (nSPS) is 11.5. The highest BCUT2D eigenvalue weighted by atomic mass is 16.1. The highest BCUT2D eigenvalue weighted by molar-refractivity contribution is 6.06. The van der Waals surface area contributed by atoms with Crippen molar-refractivity contribution in [3.63, 3.8) is 0 Å². The molecular formula is C28H22N2O. The number of ketones is 1. The first-order valence-electron chi connectivity index (χ1n) is 10.4. The van der Waals surface area contributed by atoms with Crippen LogP contribution >= 0.6 is 0 Å². The molecule has 150 valence electrons. The molecule has 0 bridgehead atoms. The number of rotatable bonds is 5. The summed E-state index contributed by atoms with van der Waals surface area (Å²) in [5, 5.41) is 2.45. The highest BCUT2D eigenvalue weighted by Crippen LogP contribution is 2.22. The SMILES string of the molecule is Cc1ccc(C(=O)/C=C/c2nc3ccccc3n2Cc2ccc3ccccc3c2)cc1. The lowest BCUT2D eigenvalue weighted by Crippen LogP contribution is -2.03. The van der Waals surface area contributed by atoms with E-state index in [1.54, 1.807) is 6.08 Å². The fourth-order valence-corrected chi connectivity index (χ4v) is 3.87. The number of nitrogens with zero attached hydrogens (tertiary/aromatic N) is 2. The third-order valence-electron chi connectivity index (χ3n) is 5.56. The second-order valence-electron chi connectivity index (χ2n) is 7.79. The number of para-hydroxylation sites is 2. The Morgan fingerprint density at radius 3 is 2.45 bits per heavy atom. The van der Waals surface area contributed by atoms with E-state index < -0.39 is 0 Å². The minimum Gasteiger partial charge on any atom is -0.320 e. The van der Waals surface area contributed by atoms with Crippen molar-refractivity contribution in [2.24, 2.45) is 0 Å². The Morgan fingerprint density at radius 2 is 1.61 bits per heavy atom. The van der Waals surface area contributed by atoms with Crippen LogP contribution in [0.25, 0.3) is 27.9 Å². The number of imidazole rings is 1. The first-order valence-corrected chi connectivity index (χ1v) is 10.4. The maximum Gasteiger partial charge on any atom is 0.185 e. The van der Waals surface area contributed by atoms with Crippen LogP contribution in [0.4, 0.5) is 0 Å². The Balaban J connectivity index is 1.51. The molecule has 0 aliphatic heterocycles. The summed E-state index contributed by atoms with van der Waals surface area (Å²) in [5.74, 6) is 0.749. The lowest BCUT2D eigenvalue weighted by molar-refractivity contribution is 0.104. The van der Waals surface area contributed by atoms with Gasteiger partial charge in [-0.2, -0.15) is 0 Å². The van der Waals surface area contributed by atoms with Crippen molar-refractivity contribution >= 4 is 33.7 Å². The zero-order valence-corrected chi connectivity index (χ0v) is 17.3. The standard InChI is InChI=1S/C28H22N2O/c1-20-10-13-23(14-11-20)27(31)16-17-28-29-25-8-4-5-9-26(25)30(28)19-21-12-15-22-6-2-3-7-24(22)18-21/h2-18H,19H2,1H3/b17-16+. The van der Waals surface area contributed by atoms with Gasteiger partial charge in [0.15, 0.2) is 5.78 Å². The summed E-state index contributed by atoms with van der Waals surface area (Å²) in [7, 11) is 0. The number of aromatic nitrogens is 2. The van der Waals surface area contributed by atoms with E-state index in [2.05, 4.69) is 53.1 Å². The number of aryl methyl sites for hydroxylation is 1. The van der Waals surface area contributed by atoms with Gasteiger partial charge in [0.2, 0.25) is 0 Å². The van der Waals surface area contributed by atoms with E-state index >= 15 is 0 Å². The third kappa shape index (κ3) is 3.90. The lowest BCUT2D eigenvalue weighted by Gasteiger charge is -2.09. The van der Waals surface area contributed by atoms with Crippen LogP contribution in [-0.4, -0.2) is 15.3 Å². The van der Waals surface area contributed by atoms with Crippen LogP contribution in [0.3, 0.4) is 0 Å². The van der Waals surface area contributed by atoms with Crippen LogP contribution in [-0.2, 0) is 6.54 Å². The van der Waals surface area contributed by atoms with Gasteiger partial charge in [-0.15, -0.1) is 0 Å². The summed E-state index contributed by atoms with van der Waals surface area (Å²) in [6.45, 7) is 2.70. The van der Waals surface area contributed by atoms with Gasteiger partial charge in [0.1, 0.15) is 5.82 Å². The predicted octanol–water partition coefficient (Wildman–Crippen LogP) is 6.44. The van der Waals surface area contributed by atoms with E-state index in [4.69, 9.17) is 4.98 Å². The number of benzene rings is 4. The molecule has 0 saturated heterocycles. The van der Waals surface area contributed by atoms with Crippen molar-refractivity contribution < 1.29 is 4.79 Å². The summed E-state index contributed by atoms with van der Waals surface area (Å²) in [6, 6.07) is 30.6. The first-order chi connectivity index (χ1) is 15.2. The Hall–Kier alpha value is -3.98. The second kappa shape index (κ2) is 8.04. The summed E-state index contributed by atoms with van der Waals surface area (Å²) in [4.78, 5) is 17.4. The molecule has 1 aromatic heterocycles. The summed E-state index contributed by atoms with van der Waals surface area (Å²) >= 11 is 0. The molecule has 0 aliphatic rings. The molecule has 0 amide bonds. The molecule has 3 heteroatoms. The topological polar surface area (TPSA) is 34.9 Å². The smallest absolute Gasteiger partial charge is 0.185 e. The van der Waals surface area contributed by atoms with Crippen LogP contribution in [0.2, 0.25) is 0 Å². The van der Waals surface area contributed by atoms with Crippen molar-refractivity contribution in [3.8, 4) is 0 Å². The molecule has 0 spiro atoms. The molecule has 1 heterocycles. The zero-order valence-electron chi connectivity index (χ0n) is 17.3. The minimum absolute atomic E-state index is 0.0238. The Morgan fingerprint density at radius 1 is 0.871 bits per heavy atom. The number of hydrogen-bond acceptors (Lipinski definition) is 2. The molecule has 0 fully saturated rings. The highest BCUT2D eigenvalue weighted by Gasteiger charge is 2.10. The van der Waals surface area contributed by atoms with Crippen LogP contribution < -0.4 is 0 Å². The molecule has 0 radical (unpaired) electrons. The maximum absolute atomic E-state index is 12.6. The van der Waals surface area contributed by atoms with E-state index in [1.165, 1.54) is 16.3 Å². The summed E-state index contributed by atoms with van der Waals surface area (Å²) < 4.78 is 2.17. The van der Waals surface area contributed by atoms with E-state index in [1.807, 2.05) is 55.5 Å². The van der Waals surface area contributed by atoms with Crippen molar-refractivity contribution in [1.29, 1.82) is 0 Å². The van der Waals surface area contributed by atoms with Gasteiger partial charge < -0.3 is 4.57 Å². The number of carbonyl (C=O) groups is 1. The predicted molar refractivity (Wildman–Crippen MR) is 127 cm³/mol. The molecule has 0 saturated carbocycles. The van der Waals surface area contributed by atoms with Crippen molar-refractivity contribution in [1.82, 2.24) is 9.55 Å². The fraction of sp³-hybridized carbons (Fsp3) is 0.0714. The number of hydrogen-bond donors (Lipinski definition) is 0. The molecule has 4 aromatic carbocycles. The zero-order chi connectivity index (χ0) is 21.2. The quantitative estimate of drug-likeness (QED) is 0.250. The van der Waals surface area contributed by atoms with E-state index in [0.29, 0.717) is 12.1 Å². The molecular weight excluding hydrogens is 380 g/mol. The average Bonchev–Trinajstić information content (AvgIpc) is 3.15. The Kier molecular flexibility index (Phi) is 4.93. The minimum atomic E-state index is -0.0238. The van der Waals surface area contributed by atoms with Crippen molar-refractivity contribution in [3.05, 3.63) is 120 Å². The van der Waals surface area contributed by atoms with Gasteiger partial charge in [-0.3, -0.25) is 4.79 Å². The number of carbonyl (C=O) groups excluding carboxylic acids is 1. The molecule has 31 heavy (non-hydrogen) atoms. The molecule has 0 unspecified atom stereocenters. The van der Waals surface area contributed by atoms with Gasteiger partial charge in [0.05, 0.1) is 11.0 Å². The van der Waals surface area contributed by atoms with Crippen molar-refractivity contribution in [2.75, 3.05) is 0 Å². The number of fused-ring (bicyclic) bond motifs is 2. The second-order valence-corrected chi connectivity index (χ2v) is 7.79. The van der Waals surface area contributed by atoms with Gasteiger partial charge >= 0.3 is 0 Å². The van der Waals surface area contributed by atoms with E-state index in [9.17, 15) is 4.79 Å². The average molecular weight is 402 g/mol. The molecule has 0 aliphatic carbocycles. The summed E-state index contributed by atoms with van der Waals surface area (Å²) in [6.07, 6.45) is 3.44. The molecule has 0 atom stereocenters. The van der Waals surface area contributed by atoms with E-state index in [-0.39, 0.29) is 5.78 Å². The van der Waals surface area contributed by atoms with Gasteiger partial charge in [0.25, 0.3) is 0 Å². The van der Waals surface area contributed by atoms with Crippen LogP contribution in [0.5, 0.6) is 0 Å². The van der Waals surface area contributed by atoms with Crippen LogP contribution in [0.15, 0.2) is 97.1 Å². The third-order valence-corrected chi connectivity index (χ3v) is 5.56. The van der Waals surface area contributed by atoms with E-state index in [0.717, 1.165) is 22.4 Å². The number of allylic oxidation sites excluding steroid dienone is 1. The van der Waals surface area contributed by atoms with Crippen LogP contribution in [0, 0.1) is 6.92 Å². The Labute approximate surface area is 181 Å². The molecule has 5 aromatic rings. The van der Waals surface area contributed by atoms with Gasteiger partial charge in [-0.1, -0.05) is 78.4 Å². The fourth-order valence-electron chi connectivity index (χ4n) is 3.87. The lowest BCUT2D eigenvalue weighted by atomic mass is 10.1. The van der Waals surface area contributed by atoms with Gasteiger partial charge in [-0.25, -0.2) is 4.98 Å². The largest absolute Gasteiger partial charge is 0.320 e. The summed E-state index contributed by atoms with van der Waals surface area (Å²) in [5.41, 5.74) is 4.99. The monoisotopic (exact) mass is 402 g/mol. The van der Waals surface area contributed by atoms with Crippen LogP contribution in [0.1, 0.15) is 27.3 Å². The molecule has 0 N–H and O–H groups in total. The van der Waals surface area contributed by atoms with Crippen molar-refractivity contribution in [2.45, 2.75) is 13.5 Å². The molecule has 3 nitrogen and oxygen atoms in total. The van der Waals surface area contributed by atoms with Gasteiger partial charge in [0, 0.05) is 12.1 Å². The molecule has 5 rings (SSSR count). The maximum atomic E-state index is 12.6. The Bertz CT molecular complexity index is 1420. The first kappa shape index (κ1) is 19.0.